The molecule has 1 aromatic heterocycles. The number of imide groups is 1. The number of nitrogens with two attached hydrogens (primary N) is 1. The second-order valence-electron chi connectivity index (χ2n) is 12.5. The van der Waals surface area contributed by atoms with E-state index in [0.29, 0.717) is 35.5 Å². The van der Waals surface area contributed by atoms with Gasteiger partial charge in [-0.05, 0) is 114 Å². The first-order valence-corrected chi connectivity index (χ1v) is 16.8. The Hall–Kier alpha value is -4.87. The number of halogens is 1. The molecule has 48 heavy (non-hydrogen) atoms. The van der Waals surface area contributed by atoms with Crippen molar-refractivity contribution in [1.82, 2.24) is 20.1 Å². The molecular formula is C37H34BrN5O5. The first-order chi connectivity index (χ1) is 23.2. The molecule has 3 aliphatic heterocycles. The van der Waals surface area contributed by atoms with E-state index in [0.717, 1.165) is 65.1 Å². The number of para-hydroxylation sites is 1. The predicted octanol–water partition coefficient (Wildman–Crippen LogP) is 5.54. The molecule has 244 valence electrons. The van der Waals surface area contributed by atoms with Gasteiger partial charge in [0.05, 0.1) is 16.8 Å². The number of nitrogens with zero attached hydrogens (tertiary/aromatic N) is 3. The van der Waals surface area contributed by atoms with Crippen LogP contribution in [0.15, 0.2) is 83.3 Å². The van der Waals surface area contributed by atoms with Crippen molar-refractivity contribution >= 4 is 39.6 Å². The van der Waals surface area contributed by atoms with Gasteiger partial charge in [0.1, 0.15) is 17.5 Å². The van der Waals surface area contributed by atoms with E-state index in [1.165, 1.54) is 0 Å². The van der Waals surface area contributed by atoms with E-state index in [-0.39, 0.29) is 24.2 Å². The van der Waals surface area contributed by atoms with Crippen LogP contribution in [0.25, 0.3) is 11.3 Å². The zero-order valence-corrected chi connectivity index (χ0v) is 27.7. The summed E-state index contributed by atoms with van der Waals surface area (Å²) in [6, 6.07) is 24.2. The number of nitrogens with one attached hydrogen (secondary N) is 1. The second-order valence-corrected chi connectivity index (χ2v) is 13.4. The van der Waals surface area contributed by atoms with E-state index in [9.17, 15) is 19.2 Å². The van der Waals surface area contributed by atoms with Gasteiger partial charge in [0.25, 0.3) is 11.8 Å². The van der Waals surface area contributed by atoms with Gasteiger partial charge in [-0.15, -0.1) is 0 Å². The maximum atomic E-state index is 13.3. The van der Waals surface area contributed by atoms with E-state index in [1.807, 2.05) is 66.7 Å². The van der Waals surface area contributed by atoms with Gasteiger partial charge >= 0.3 is 0 Å². The summed E-state index contributed by atoms with van der Waals surface area (Å²) in [6.45, 7) is 2.79. The van der Waals surface area contributed by atoms with E-state index >= 15 is 0 Å². The third-order valence-corrected chi connectivity index (χ3v) is 9.96. The summed E-state index contributed by atoms with van der Waals surface area (Å²) in [5.41, 5.74) is 11.0. The average Bonchev–Trinajstić information content (AvgIpc) is 3.41. The van der Waals surface area contributed by atoms with Crippen LogP contribution >= 0.6 is 15.9 Å². The van der Waals surface area contributed by atoms with Crippen molar-refractivity contribution in [1.29, 1.82) is 0 Å². The van der Waals surface area contributed by atoms with Crippen LogP contribution in [0.2, 0.25) is 0 Å². The van der Waals surface area contributed by atoms with E-state index in [4.69, 9.17) is 15.5 Å². The summed E-state index contributed by atoms with van der Waals surface area (Å²) in [6.07, 6.45) is 2.37. The fraction of sp³-hybridized carbons (Fsp3) is 0.270. The number of rotatable bonds is 8. The monoisotopic (exact) mass is 707 g/mol. The van der Waals surface area contributed by atoms with Gasteiger partial charge in [0.2, 0.25) is 11.8 Å². The van der Waals surface area contributed by atoms with Crippen molar-refractivity contribution in [3.63, 3.8) is 0 Å². The number of likely N-dealkylation sites (tertiary alicyclic amines) is 1. The molecule has 10 nitrogen and oxygen atoms in total. The number of hydrogen-bond donors (Lipinski definition) is 2. The van der Waals surface area contributed by atoms with Crippen LogP contribution in [0.3, 0.4) is 0 Å². The Morgan fingerprint density at radius 3 is 2.38 bits per heavy atom. The number of benzene rings is 3. The molecule has 0 radical (unpaired) electrons. The number of amides is 4. The Morgan fingerprint density at radius 2 is 1.67 bits per heavy atom. The van der Waals surface area contributed by atoms with E-state index in [1.54, 1.807) is 11.0 Å². The number of piperidine rings is 2. The zero-order chi connectivity index (χ0) is 33.4. The summed E-state index contributed by atoms with van der Waals surface area (Å²) in [5, 5.41) is 2.36. The zero-order valence-electron chi connectivity index (χ0n) is 26.2. The largest absolute Gasteiger partial charge is 0.457 e. The quantitative estimate of drug-likeness (QED) is 0.230. The fourth-order valence-electron chi connectivity index (χ4n) is 6.88. The molecule has 4 aromatic rings. The third kappa shape index (κ3) is 6.48. The lowest BCUT2D eigenvalue weighted by Crippen LogP contribution is -2.52. The highest BCUT2D eigenvalue weighted by Crippen LogP contribution is 2.36. The fourth-order valence-corrected chi connectivity index (χ4v) is 7.60. The topological polar surface area (TPSA) is 135 Å². The molecule has 2 saturated heterocycles. The van der Waals surface area contributed by atoms with Crippen LogP contribution in [0.1, 0.15) is 69.1 Å². The van der Waals surface area contributed by atoms with Crippen LogP contribution in [-0.2, 0) is 22.7 Å². The van der Waals surface area contributed by atoms with Gasteiger partial charge in [0, 0.05) is 41.2 Å². The number of carbonyl (C=O) groups is 4. The van der Waals surface area contributed by atoms with Gasteiger partial charge < -0.3 is 15.4 Å². The molecule has 7 rings (SSSR count). The lowest BCUT2D eigenvalue weighted by molar-refractivity contribution is -0.136. The minimum absolute atomic E-state index is 0.190. The molecule has 0 saturated carbocycles. The van der Waals surface area contributed by atoms with Crippen LogP contribution in [-0.4, -0.2) is 57.5 Å². The minimum Gasteiger partial charge on any atom is -0.457 e. The van der Waals surface area contributed by atoms with Gasteiger partial charge in [-0.2, -0.15) is 0 Å². The lowest BCUT2D eigenvalue weighted by atomic mass is 9.91. The number of primary amides is 1. The van der Waals surface area contributed by atoms with Gasteiger partial charge in [-0.3, -0.25) is 34.4 Å². The highest BCUT2D eigenvalue weighted by atomic mass is 79.9. The lowest BCUT2D eigenvalue weighted by Gasteiger charge is -2.32. The molecule has 1 atom stereocenters. The molecule has 0 bridgehead atoms. The number of aromatic nitrogens is 1. The molecule has 1 unspecified atom stereocenters. The maximum Gasteiger partial charge on any atom is 0.256 e. The first kappa shape index (κ1) is 31.7. The van der Waals surface area contributed by atoms with Gasteiger partial charge in [0.15, 0.2) is 0 Å². The van der Waals surface area contributed by atoms with E-state index in [2.05, 4.69) is 32.2 Å². The number of hydrogen-bond acceptors (Lipinski definition) is 7. The van der Waals surface area contributed by atoms with Crippen molar-refractivity contribution in [3.8, 4) is 22.8 Å². The molecule has 3 N–H and O–H groups in total. The molecule has 3 aliphatic rings. The van der Waals surface area contributed by atoms with Crippen molar-refractivity contribution < 1.29 is 23.9 Å². The summed E-state index contributed by atoms with van der Waals surface area (Å²) in [7, 11) is 0. The highest BCUT2D eigenvalue weighted by molar-refractivity contribution is 9.10. The summed E-state index contributed by atoms with van der Waals surface area (Å²) in [4.78, 5) is 58.6. The van der Waals surface area contributed by atoms with Crippen molar-refractivity contribution in [3.05, 3.63) is 111 Å². The molecular weight excluding hydrogens is 674 g/mol. The summed E-state index contributed by atoms with van der Waals surface area (Å²) >= 11 is 3.61. The highest BCUT2D eigenvalue weighted by Gasteiger charge is 2.40. The first-order valence-electron chi connectivity index (χ1n) is 16.1. The number of pyridine rings is 1. The summed E-state index contributed by atoms with van der Waals surface area (Å²) in [5.74, 6) is 0.229. The van der Waals surface area contributed by atoms with Crippen molar-refractivity contribution in [2.45, 2.75) is 50.7 Å². The smallest absolute Gasteiger partial charge is 0.256 e. The molecule has 0 aliphatic carbocycles. The number of carbonyl (C=O) groups excluding carboxylic acids is 4. The molecule has 4 heterocycles. The second kappa shape index (κ2) is 13.3. The van der Waals surface area contributed by atoms with Crippen molar-refractivity contribution in [2.75, 3.05) is 13.1 Å². The molecule has 11 heteroatoms. The average molecular weight is 709 g/mol. The Balaban J connectivity index is 1.01. The number of ether oxygens (including phenoxy) is 1. The number of fused-ring (bicyclic) bond motifs is 1. The normalized spacial score (nSPS) is 18.5. The maximum absolute atomic E-state index is 13.3. The van der Waals surface area contributed by atoms with Gasteiger partial charge in [-0.1, -0.05) is 24.3 Å². The third-order valence-electron chi connectivity index (χ3n) is 9.33. The SMILES string of the molecule is NC(=O)c1ccc(C2CCN(Cc3cc(Br)c4c(c3)CN(C3CCC(=O)NC3=O)C4=O)CC2)nc1-c1ccc(Oc2ccccc2)cc1. The Bertz CT molecular complexity index is 1910. The van der Waals surface area contributed by atoms with Crippen LogP contribution in [0, 0.1) is 0 Å². The predicted molar refractivity (Wildman–Crippen MR) is 182 cm³/mol. The Kier molecular flexibility index (Phi) is 8.81. The van der Waals surface area contributed by atoms with Crippen LogP contribution < -0.4 is 15.8 Å². The van der Waals surface area contributed by atoms with Crippen LogP contribution in [0.5, 0.6) is 11.5 Å². The molecule has 0 spiro atoms. The van der Waals surface area contributed by atoms with Crippen molar-refractivity contribution in [2.24, 2.45) is 5.73 Å². The minimum atomic E-state index is -0.642. The van der Waals surface area contributed by atoms with Crippen LogP contribution in [0.4, 0.5) is 0 Å². The standard InChI is InChI=1S/C37H34BrN5O5/c38-29-19-22(18-25-21-43(37(47)33(25)29)31-12-13-32(44)41-36(31)46)20-42-16-14-23(15-17-42)30-11-10-28(35(39)45)34(40-30)24-6-8-27(9-7-24)48-26-4-2-1-3-5-26/h1-11,18-19,23,31H,12-17,20-21H2,(H2,39,45)(H,41,44,46). The van der Waals surface area contributed by atoms with E-state index < -0.39 is 17.9 Å². The molecule has 3 aromatic carbocycles. The van der Waals surface area contributed by atoms with Gasteiger partial charge in [-0.25, -0.2) is 0 Å². The summed E-state index contributed by atoms with van der Waals surface area (Å²) < 4.78 is 6.65. The molecule has 4 amide bonds. The Morgan fingerprint density at radius 1 is 0.938 bits per heavy atom. The Labute approximate surface area is 286 Å². The molecule has 2 fully saturated rings.